The van der Waals surface area contributed by atoms with Crippen molar-refractivity contribution >= 4 is 15.9 Å². The molecule has 1 spiro atoms. The molecule has 0 radical (unpaired) electrons. The van der Waals surface area contributed by atoms with Crippen LogP contribution in [0.25, 0.3) is 0 Å². The molecule has 0 unspecified atom stereocenters. The van der Waals surface area contributed by atoms with Crippen LogP contribution < -0.4 is 9.46 Å². The molecule has 0 bridgehead atoms. The number of fused-ring (bicyclic) bond motifs is 1. The summed E-state index contributed by atoms with van der Waals surface area (Å²) in [5, 5.41) is 0. The molecule has 2 heterocycles. The van der Waals surface area contributed by atoms with E-state index in [2.05, 4.69) is 41.7 Å². The highest BCUT2D eigenvalue weighted by Gasteiger charge is 2.37. The second-order valence-corrected chi connectivity index (χ2v) is 12.1. The number of likely N-dealkylation sites (tertiary alicyclic amines) is 1. The second kappa shape index (κ2) is 11.7. The Hall–Kier alpha value is -1.64. The molecule has 1 N–H and O–H groups in total. The van der Waals surface area contributed by atoms with E-state index in [0.717, 1.165) is 70.2 Å². The van der Waals surface area contributed by atoms with Crippen LogP contribution in [0.5, 0.6) is 5.75 Å². The number of ether oxygens (including phenoxy) is 1. The lowest BCUT2D eigenvalue weighted by Gasteiger charge is -2.45. The Morgan fingerprint density at radius 1 is 1.12 bits per heavy atom. The molecule has 8 heteroatoms. The lowest BCUT2D eigenvalue weighted by atomic mass is 9.73. The van der Waals surface area contributed by atoms with Crippen LogP contribution in [0.15, 0.2) is 24.3 Å². The van der Waals surface area contributed by atoms with E-state index in [0.29, 0.717) is 25.6 Å². The van der Waals surface area contributed by atoms with Gasteiger partial charge in [-0.2, -0.15) is 0 Å². The van der Waals surface area contributed by atoms with E-state index in [1.54, 1.807) is 0 Å². The smallest absolute Gasteiger partial charge is 0.237 e. The number of hydrogen-bond donors (Lipinski definition) is 1. The van der Waals surface area contributed by atoms with E-state index in [1.807, 2.05) is 11.0 Å². The van der Waals surface area contributed by atoms with Crippen molar-refractivity contribution in [3.8, 4) is 5.75 Å². The zero-order chi connectivity index (χ0) is 23.9. The third kappa shape index (κ3) is 8.26. The fraction of sp³-hybridized carbons (Fsp3) is 0.720. The number of carbonyl (C=O) groups excluding carboxylic acids is 1. The number of benzene rings is 1. The van der Waals surface area contributed by atoms with E-state index < -0.39 is 10.0 Å². The molecule has 1 saturated heterocycles. The summed E-state index contributed by atoms with van der Waals surface area (Å²) in [5.74, 6) is 1.46. The van der Waals surface area contributed by atoms with Crippen LogP contribution in [0.4, 0.5) is 0 Å². The van der Waals surface area contributed by atoms with Gasteiger partial charge in [0.1, 0.15) is 12.4 Å². The highest BCUT2D eigenvalue weighted by atomic mass is 32.2. The molecule has 0 atom stereocenters. The summed E-state index contributed by atoms with van der Waals surface area (Å²) in [4.78, 5) is 16.9. The lowest BCUT2D eigenvalue weighted by molar-refractivity contribution is -0.132. The Morgan fingerprint density at radius 2 is 1.85 bits per heavy atom. The topological polar surface area (TPSA) is 79.0 Å². The Kier molecular flexibility index (Phi) is 9.18. The Bertz CT molecular complexity index is 879. The number of carbonyl (C=O) groups is 1. The Labute approximate surface area is 199 Å². The minimum Gasteiger partial charge on any atom is -0.492 e. The molecule has 33 heavy (non-hydrogen) atoms. The van der Waals surface area contributed by atoms with Crippen LogP contribution in [-0.4, -0.2) is 76.3 Å². The van der Waals surface area contributed by atoms with Crippen LogP contribution in [0.2, 0.25) is 0 Å². The molecule has 1 fully saturated rings. The maximum Gasteiger partial charge on any atom is 0.237 e. The fourth-order valence-corrected chi connectivity index (χ4v) is 5.58. The van der Waals surface area contributed by atoms with Gasteiger partial charge in [0.05, 0.1) is 12.8 Å². The molecule has 186 valence electrons. The molecule has 1 aromatic rings. The van der Waals surface area contributed by atoms with E-state index in [-0.39, 0.29) is 17.9 Å². The standard InChI is InChI=1S/C25H41N3O4S/c1-21(2)19-27-16-17-32-23-10-5-4-8-22(23)9-6-7-11-25(20-27)12-14-28(15-13-25)24(29)18-26-33(3,30)31/h4-5,8,10,21,26H,6-7,9,11-20H2,1-3H3. The maximum atomic E-state index is 12.5. The van der Waals surface area contributed by atoms with Crippen molar-refractivity contribution < 1.29 is 17.9 Å². The first-order valence-corrected chi connectivity index (χ1v) is 14.2. The highest BCUT2D eigenvalue weighted by Crippen LogP contribution is 2.38. The predicted octanol–water partition coefficient (Wildman–Crippen LogP) is 2.91. The minimum absolute atomic E-state index is 0.132. The van der Waals surface area contributed by atoms with Crippen molar-refractivity contribution in [2.24, 2.45) is 11.3 Å². The van der Waals surface area contributed by atoms with Crippen LogP contribution in [0.3, 0.4) is 0 Å². The maximum absolute atomic E-state index is 12.5. The predicted molar refractivity (Wildman–Crippen MR) is 132 cm³/mol. The summed E-state index contributed by atoms with van der Waals surface area (Å²) in [6.45, 7) is 9.40. The summed E-state index contributed by atoms with van der Waals surface area (Å²) >= 11 is 0. The summed E-state index contributed by atoms with van der Waals surface area (Å²) in [6.07, 6.45) is 7.49. The summed E-state index contributed by atoms with van der Waals surface area (Å²) in [7, 11) is -3.36. The molecule has 0 aromatic heterocycles. The Balaban J connectivity index is 1.68. The molecular formula is C25H41N3O4S. The number of rotatable bonds is 5. The number of nitrogens with zero attached hydrogens (tertiary/aromatic N) is 2. The molecule has 7 nitrogen and oxygen atoms in total. The van der Waals surface area contributed by atoms with Gasteiger partial charge in [0.25, 0.3) is 0 Å². The summed E-state index contributed by atoms with van der Waals surface area (Å²) < 4.78 is 31.2. The van der Waals surface area contributed by atoms with Crippen LogP contribution in [0, 0.1) is 11.3 Å². The highest BCUT2D eigenvalue weighted by molar-refractivity contribution is 7.88. The number of amides is 1. The molecule has 2 aliphatic rings. The average molecular weight is 480 g/mol. The van der Waals surface area contributed by atoms with Crippen molar-refractivity contribution in [1.82, 2.24) is 14.5 Å². The molecular weight excluding hydrogens is 438 g/mol. The van der Waals surface area contributed by atoms with E-state index >= 15 is 0 Å². The molecule has 3 rings (SSSR count). The van der Waals surface area contributed by atoms with Crippen molar-refractivity contribution in [2.45, 2.75) is 52.4 Å². The number of piperidine rings is 1. The third-order valence-corrected chi connectivity index (χ3v) is 7.55. The van der Waals surface area contributed by atoms with Gasteiger partial charge in [-0.15, -0.1) is 0 Å². The van der Waals surface area contributed by atoms with Gasteiger partial charge in [-0.05, 0) is 55.1 Å². The monoisotopic (exact) mass is 479 g/mol. The van der Waals surface area contributed by atoms with Gasteiger partial charge in [0.15, 0.2) is 0 Å². The van der Waals surface area contributed by atoms with Gasteiger partial charge in [-0.3, -0.25) is 9.69 Å². The zero-order valence-electron chi connectivity index (χ0n) is 20.5. The van der Waals surface area contributed by atoms with Crippen molar-refractivity contribution in [3.63, 3.8) is 0 Å². The fourth-order valence-electron chi connectivity index (χ4n) is 5.20. The third-order valence-electron chi connectivity index (χ3n) is 6.89. The van der Waals surface area contributed by atoms with Crippen molar-refractivity contribution in [1.29, 1.82) is 0 Å². The van der Waals surface area contributed by atoms with Crippen LogP contribution >= 0.6 is 0 Å². The van der Waals surface area contributed by atoms with Gasteiger partial charge in [-0.25, -0.2) is 13.1 Å². The van der Waals surface area contributed by atoms with Gasteiger partial charge in [0.2, 0.25) is 15.9 Å². The van der Waals surface area contributed by atoms with Crippen molar-refractivity contribution in [3.05, 3.63) is 29.8 Å². The minimum atomic E-state index is -3.36. The van der Waals surface area contributed by atoms with Crippen LogP contribution in [-0.2, 0) is 21.2 Å². The van der Waals surface area contributed by atoms with Gasteiger partial charge < -0.3 is 9.64 Å². The molecule has 1 aromatic carbocycles. The van der Waals surface area contributed by atoms with Crippen molar-refractivity contribution in [2.75, 3.05) is 52.1 Å². The number of aryl methyl sites for hydroxylation is 1. The normalized spacial score (nSPS) is 20.5. The zero-order valence-corrected chi connectivity index (χ0v) is 21.3. The number of para-hydroxylation sites is 1. The summed E-state index contributed by atoms with van der Waals surface area (Å²) in [5.41, 5.74) is 1.48. The van der Waals surface area contributed by atoms with E-state index in [9.17, 15) is 13.2 Å². The number of hydrogen-bond acceptors (Lipinski definition) is 5. The first-order valence-electron chi connectivity index (χ1n) is 12.3. The Morgan fingerprint density at radius 3 is 2.55 bits per heavy atom. The van der Waals surface area contributed by atoms with E-state index in [4.69, 9.17) is 4.74 Å². The number of nitrogens with one attached hydrogen (secondary N) is 1. The first-order chi connectivity index (χ1) is 15.7. The SMILES string of the molecule is CC(C)CN1CCOc2ccccc2CCCCC2(CCN(C(=O)CNS(C)(=O)=O)CC2)C1. The van der Waals surface area contributed by atoms with E-state index in [1.165, 1.54) is 5.56 Å². The molecule has 1 amide bonds. The quantitative estimate of drug-likeness (QED) is 0.703. The molecule has 0 aliphatic carbocycles. The van der Waals surface area contributed by atoms with Gasteiger partial charge in [-0.1, -0.05) is 38.5 Å². The largest absolute Gasteiger partial charge is 0.492 e. The van der Waals surface area contributed by atoms with Gasteiger partial charge in [0, 0.05) is 32.7 Å². The average Bonchev–Trinajstić information content (AvgIpc) is 2.75. The summed E-state index contributed by atoms with van der Waals surface area (Å²) in [6, 6.07) is 8.40. The number of sulfonamides is 1. The molecule has 0 saturated carbocycles. The first kappa shape index (κ1) is 26.0. The van der Waals surface area contributed by atoms with Crippen LogP contribution in [0.1, 0.15) is 51.5 Å². The lowest BCUT2D eigenvalue weighted by Crippen LogP contribution is -2.50. The molecule has 2 aliphatic heterocycles. The second-order valence-electron chi connectivity index (χ2n) is 10.3. The van der Waals surface area contributed by atoms with Gasteiger partial charge >= 0.3 is 0 Å².